The number of ether oxygens (including phenoxy) is 1. The lowest BCUT2D eigenvalue weighted by atomic mass is 9.99. The van der Waals surface area contributed by atoms with Crippen molar-refractivity contribution in [2.24, 2.45) is 5.92 Å². The molecule has 1 saturated heterocycles. The molecule has 0 atom stereocenters. The van der Waals surface area contributed by atoms with Crippen LogP contribution in [-0.2, 0) is 10.2 Å². The maximum Gasteiger partial charge on any atom is 0.332 e. The summed E-state index contributed by atoms with van der Waals surface area (Å²) >= 11 is 0. The molecule has 0 aliphatic carbocycles. The van der Waals surface area contributed by atoms with E-state index in [-0.39, 0.29) is 17.4 Å². The van der Waals surface area contributed by atoms with Gasteiger partial charge in [-0.25, -0.2) is 0 Å². The Hall–Kier alpha value is -4.13. The SMILES string of the molecule is C#Cc1ccc2c(c1)[nH]c1c2c(=O)c2cc(OCC(C)C)c(-c3cccc(S(=O)(=O)F)c3)cc2n1C1CCNCC1. The summed E-state index contributed by atoms with van der Waals surface area (Å²) < 4.78 is 45.9. The van der Waals surface area contributed by atoms with Gasteiger partial charge in [-0.15, -0.1) is 10.3 Å². The Bertz CT molecular complexity index is 2030. The lowest BCUT2D eigenvalue weighted by Crippen LogP contribution is -2.30. The molecule has 0 amide bonds. The van der Waals surface area contributed by atoms with E-state index in [0.29, 0.717) is 51.0 Å². The molecule has 3 aromatic carbocycles. The largest absolute Gasteiger partial charge is 0.493 e. The van der Waals surface area contributed by atoms with Crippen molar-refractivity contribution in [3.8, 4) is 29.2 Å². The van der Waals surface area contributed by atoms with Gasteiger partial charge in [-0.1, -0.05) is 38.0 Å². The Morgan fingerprint density at radius 1 is 1.10 bits per heavy atom. The summed E-state index contributed by atoms with van der Waals surface area (Å²) in [6.07, 6.45) is 7.37. The molecule has 9 heteroatoms. The number of hydrogen-bond donors (Lipinski definition) is 2. The minimum absolute atomic E-state index is 0.0925. The second-order valence-electron chi connectivity index (χ2n) is 11.0. The molecule has 1 aliphatic heterocycles. The van der Waals surface area contributed by atoms with E-state index in [2.05, 4.69) is 20.8 Å². The summed E-state index contributed by atoms with van der Waals surface area (Å²) in [4.78, 5) is 17.3. The van der Waals surface area contributed by atoms with Crippen molar-refractivity contribution in [2.75, 3.05) is 19.7 Å². The molecular formula is C32H30FN3O4S. The first-order chi connectivity index (χ1) is 19.7. The summed E-state index contributed by atoms with van der Waals surface area (Å²) in [6.45, 7) is 6.08. The average molecular weight is 572 g/mol. The van der Waals surface area contributed by atoms with Crippen LogP contribution < -0.4 is 15.5 Å². The highest BCUT2D eigenvalue weighted by Crippen LogP contribution is 2.39. The number of halogens is 1. The zero-order valence-electron chi connectivity index (χ0n) is 22.8. The molecule has 0 bridgehead atoms. The van der Waals surface area contributed by atoms with Gasteiger partial charge >= 0.3 is 10.2 Å². The fraction of sp³-hybridized carbons (Fsp3) is 0.281. The number of hydrogen-bond acceptors (Lipinski definition) is 5. The monoisotopic (exact) mass is 571 g/mol. The summed E-state index contributed by atoms with van der Waals surface area (Å²) in [5.41, 5.74) is 3.81. The highest BCUT2D eigenvalue weighted by atomic mass is 32.3. The molecule has 1 fully saturated rings. The van der Waals surface area contributed by atoms with Gasteiger partial charge in [0.1, 0.15) is 11.4 Å². The van der Waals surface area contributed by atoms with E-state index in [0.717, 1.165) is 36.8 Å². The zero-order chi connectivity index (χ0) is 28.9. The average Bonchev–Trinajstić information content (AvgIpc) is 3.34. The number of pyridine rings is 1. The number of aromatic amines is 1. The Morgan fingerprint density at radius 2 is 1.88 bits per heavy atom. The molecular weight excluding hydrogens is 541 g/mol. The number of benzene rings is 3. The Labute approximate surface area is 237 Å². The number of nitrogens with zero attached hydrogens (tertiary/aromatic N) is 1. The number of aromatic nitrogens is 2. The number of fused-ring (bicyclic) bond motifs is 4. The van der Waals surface area contributed by atoms with Crippen LogP contribution in [0.4, 0.5) is 3.89 Å². The Kier molecular flexibility index (Phi) is 6.84. The summed E-state index contributed by atoms with van der Waals surface area (Å²) in [5, 5.41) is 5.28. The van der Waals surface area contributed by atoms with E-state index in [1.807, 2.05) is 38.1 Å². The third kappa shape index (κ3) is 4.88. The molecule has 0 saturated carbocycles. The van der Waals surface area contributed by atoms with E-state index in [4.69, 9.17) is 11.2 Å². The molecule has 210 valence electrons. The topological polar surface area (TPSA) is 93.2 Å². The van der Waals surface area contributed by atoms with Crippen LogP contribution in [0.2, 0.25) is 0 Å². The first kappa shape index (κ1) is 27.1. The number of H-pyrrole nitrogens is 1. The number of piperidine rings is 1. The van der Waals surface area contributed by atoms with Crippen molar-refractivity contribution in [1.29, 1.82) is 0 Å². The van der Waals surface area contributed by atoms with E-state index in [1.54, 1.807) is 12.1 Å². The predicted octanol–water partition coefficient (Wildman–Crippen LogP) is 5.90. The predicted molar refractivity (Wildman–Crippen MR) is 161 cm³/mol. The maximum absolute atomic E-state index is 14.2. The number of nitrogens with one attached hydrogen (secondary N) is 2. The Balaban J connectivity index is 1.73. The van der Waals surface area contributed by atoms with Crippen LogP contribution in [0.3, 0.4) is 0 Å². The Morgan fingerprint density at radius 3 is 2.59 bits per heavy atom. The van der Waals surface area contributed by atoms with Gasteiger partial charge in [0.05, 0.1) is 27.8 Å². The van der Waals surface area contributed by atoms with Gasteiger partial charge in [0.2, 0.25) is 0 Å². The lowest BCUT2D eigenvalue weighted by Gasteiger charge is -2.28. The first-order valence-corrected chi connectivity index (χ1v) is 15.1. The third-order valence-electron chi connectivity index (χ3n) is 7.69. The molecule has 0 radical (unpaired) electrons. The lowest BCUT2D eigenvalue weighted by molar-refractivity contribution is 0.272. The standard InChI is InChI=1S/C32H30FN3O4S/c1-4-20-8-9-24-27(14-20)35-32-30(24)31(37)26-17-29(40-18-19(2)3)25(21-6-5-7-23(15-21)41(33,38)39)16-28(26)36(32)22-10-12-34-13-11-22/h1,5-9,14-17,19,22,34-35H,10-13,18H2,2-3H3. The molecule has 1 aliphatic rings. The third-order valence-corrected chi connectivity index (χ3v) is 8.51. The molecule has 0 unspecified atom stereocenters. The molecule has 0 spiro atoms. The van der Waals surface area contributed by atoms with Crippen LogP contribution >= 0.6 is 0 Å². The van der Waals surface area contributed by atoms with Gasteiger partial charge < -0.3 is 19.6 Å². The van der Waals surface area contributed by atoms with Crippen molar-refractivity contribution in [2.45, 2.75) is 37.6 Å². The quantitative estimate of drug-likeness (QED) is 0.196. The molecule has 3 heterocycles. The van der Waals surface area contributed by atoms with Gasteiger partial charge in [-0.05, 0) is 73.8 Å². The van der Waals surface area contributed by atoms with E-state index in [9.17, 15) is 17.1 Å². The van der Waals surface area contributed by atoms with Crippen LogP contribution in [0, 0.1) is 18.3 Å². The van der Waals surface area contributed by atoms with Gasteiger partial charge in [0.15, 0.2) is 5.43 Å². The van der Waals surface area contributed by atoms with E-state index in [1.165, 1.54) is 18.2 Å². The summed E-state index contributed by atoms with van der Waals surface area (Å²) in [7, 11) is -4.92. The molecule has 6 rings (SSSR count). The minimum Gasteiger partial charge on any atom is -0.493 e. The number of terminal acetylenes is 1. The zero-order valence-corrected chi connectivity index (χ0v) is 23.6. The fourth-order valence-electron chi connectivity index (χ4n) is 5.75. The molecule has 2 aromatic heterocycles. The fourth-order valence-corrected chi connectivity index (χ4v) is 6.26. The summed E-state index contributed by atoms with van der Waals surface area (Å²) in [6, 6.07) is 15.0. The molecule has 7 nitrogen and oxygen atoms in total. The van der Waals surface area contributed by atoms with Crippen LogP contribution in [0.1, 0.15) is 38.3 Å². The normalized spacial score (nSPS) is 14.7. The van der Waals surface area contributed by atoms with E-state index >= 15 is 0 Å². The smallest absolute Gasteiger partial charge is 0.332 e. The van der Waals surface area contributed by atoms with Crippen LogP contribution in [0.25, 0.3) is 44.0 Å². The van der Waals surface area contributed by atoms with Crippen LogP contribution in [-0.4, -0.2) is 37.7 Å². The molecule has 2 N–H and O–H groups in total. The van der Waals surface area contributed by atoms with Gasteiger partial charge in [-0.3, -0.25) is 4.79 Å². The highest BCUT2D eigenvalue weighted by molar-refractivity contribution is 7.86. The van der Waals surface area contributed by atoms with E-state index < -0.39 is 15.1 Å². The van der Waals surface area contributed by atoms with Gasteiger partial charge in [0.25, 0.3) is 0 Å². The van der Waals surface area contributed by atoms with Gasteiger partial charge in [0, 0.05) is 28.1 Å². The van der Waals surface area contributed by atoms with Crippen molar-refractivity contribution in [3.63, 3.8) is 0 Å². The second kappa shape index (κ2) is 10.4. The second-order valence-corrected chi connectivity index (χ2v) is 12.3. The highest BCUT2D eigenvalue weighted by Gasteiger charge is 2.25. The summed E-state index contributed by atoms with van der Waals surface area (Å²) in [5.74, 6) is 3.29. The maximum atomic E-state index is 14.2. The van der Waals surface area contributed by atoms with Crippen molar-refractivity contribution in [3.05, 3.63) is 70.4 Å². The van der Waals surface area contributed by atoms with Crippen molar-refractivity contribution in [1.82, 2.24) is 14.9 Å². The van der Waals surface area contributed by atoms with Crippen molar-refractivity contribution >= 4 is 43.1 Å². The van der Waals surface area contributed by atoms with Crippen LogP contribution in [0.15, 0.2) is 64.3 Å². The van der Waals surface area contributed by atoms with Crippen LogP contribution in [0.5, 0.6) is 5.75 Å². The minimum atomic E-state index is -4.92. The first-order valence-electron chi connectivity index (χ1n) is 13.7. The van der Waals surface area contributed by atoms with Gasteiger partial charge in [-0.2, -0.15) is 8.42 Å². The van der Waals surface area contributed by atoms with Crippen molar-refractivity contribution < 1.29 is 17.0 Å². The molecule has 41 heavy (non-hydrogen) atoms. The molecule has 5 aromatic rings. The number of rotatable bonds is 6.